The van der Waals surface area contributed by atoms with Gasteiger partial charge in [-0.2, -0.15) is 13.2 Å². The highest BCUT2D eigenvalue weighted by atomic mass is 32.1. The zero-order chi connectivity index (χ0) is 21.3. The molecule has 2 aromatic heterocycles. The van der Waals surface area contributed by atoms with Crippen LogP contribution in [0.1, 0.15) is 41.1 Å². The second kappa shape index (κ2) is 7.98. The molecule has 3 aromatic rings. The van der Waals surface area contributed by atoms with E-state index in [1.165, 1.54) is 17.4 Å². The van der Waals surface area contributed by atoms with Crippen LogP contribution in [0.2, 0.25) is 0 Å². The summed E-state index contributed by atoms with van der Waals surface area (Å²) in [5, 5.41) is 4.58. The number of thiophene rings is 1. The van der Waals surface area contributed by atoms with Gasteiger partial charge in [0.2, 0.25) is 11.6 Å². The molecule has 0 fully saturated rings. The smallest absolute Gasteiger partial charge is 0.349 e. The number of fused-ring (bicyclic) bond motifs is 1. The number of amides is 1. The number of alkyl halides is 3. The Morgan fingerprint density at radius 1 is 1.28 bits per heavy atom. The molecule has 154 valence electrons. The van der Waals surface area contributed by atoms with Gasteiger partial charge in [0.05, 0.1) is 17.6 Å². The highest BCUT2D eigenvalue weighted by Gasteiger charge is 2.38. The maximum absolute atomic E-state index is 13.5. The van der Waals surface area contributed by atoms with Gasteiger partial charge in [0.1, 0.15) is 6.04 Å². The van der Waals surface area contributed by atoms with Crippen LogP contribution < -0.4 is 10.9 Å². The molecule has 0 aliphatic carbocycles. The number of nitrogens with zero attached hydrogens (tertiary/aromatic N) is 2. The fourth-order valence-corrected chi connectivity index (χ4v) is 3.79. The lowest BCUT2D eigenvalue weighted by molar-refractivity contribution is -0.142. The summed E-state index contributed by atoms with van der Waals surface area (Å²) in [7, 11) is 0. The molecule has 1 aromatic carbocycles. The van der Waals surface area contributed by atoms with Crippen LogP contribution in [0.4, 0.5) is 13.2 Å². The Morgan fingerprint density at radius 3 is 2.55 bits per heavy atom. The molecule has 0 radical (unpaired) electrons. The Hall–Kier alpha value is -2.68. The topological polar surface area (TPSA) is 64.0 Å². The Labute approximate surface area is 169 Å². The molecule has 5 nitrogen and oxygen atoms in total. The number of carbonyl (C=O) groups is 1. The van der Waals surface area contributed by atoms with Crippen molar-refractivity contribution in [2.24, 2.45) is 0 Å². The summed E-state index contributed by atoms with van der Waals surface area (Å²) < 4.78 is 41.3. The average Bonchev–Trinajstić information content (AvgIpc) is 3.16. The molecule has 1 atom stereocenters. The molecule has 9 heteroatoms. The van der Waals surface area contributed by atoms with E-state index in [1.54, 1.807) is 26.8 Å². The highest BCUT2D eigenvalue weighted by molar-refractivity contribution is 7.09. The van der Waals surface area contributed by atoms with Crippen LogP contribution in [0.25, 0.3) is 11.0 Å². The van der Waals surface area contributed by atoms with Crippen molar-refractivity contribution in [3.05, 3.63) is 61.7 Å². The second-order valence-corrected chi connectivity index (χ2v) is 7.81. The summed E-state index contributed by atoms with van der Waals surface area (Å²) in [4.78, 5) is 30.1. The Bertz CT molecular complexity index is 1100. The summed E-state index contributed by atoms with van der Waals surface area (Å²) in [6, 6.07) is 5.70. The van der Waals surface area contributed by atoms with Gasteiger partial charge in [-0.25, -0.2) is 4.98 Å². The second-order valence-electron chi connectivity index (χ2n) is 6.78. The normalized spacial score (nSPS) is 12.9. The molecule has 1 amide bonds. The largest absolute Gasteiger partial charge is 0.438 e. The molecule has 3 rings (SSSR count). The number of nitrogens with one attached hydrogen (secondary N) is 1. The fraction of sp³-hybridized carbons (Fsp3) is 0.350. The van der Waals surface area contributed by atoms with E-state index >= 15 is 0 Å². The lowest BCUT2D eigenvalue weighted by Gasteiger charge is -2.22. The van der Waals surface area contributed by atoms with Gasteiger partial charge in [0.25, 0.3) is 5.56 Å². The minimum absolute atomic E-state index is 0.0320. The number of aromatic nitrogens is 2. The van der Waals surface area contributed by atoms with Crippen LogP contribution >= 0.6 is 11.3 Å². The molecule has 0 saturated heterocycles. The molecular formula is C20H20F3N3O2S. The van der Waals surface area contributed by atoms with Crippen LogP contribution in [0.15, 0.2) is 34.4 Å². The Balaban J connectivity index is 2.16. The maximum atomic E-state index is 13.5. The number of rotatable bonds is 5. The van der Waals surface area contributed by atoms with Gasteiger partial charge in [0.15, 0.2) is 0 Å². The molecule has 0 aliphatic rings. The third kappa shape index (κ3) is 4.19. The van der Waals surface area contributed by atoms with E-state index in [0.717, 1.165) is 20.6 Å². The van der Waals surface area contributed by atoms with E-state index in [9.17, 15) is 22.8 Å². The van der Waals surface area contributed by atoms with Crippen molar-refractivity contribution in [1.82, 2.24) is 14.9 Å². The van der Waals surface area contributed by atoms with Gasteiger partial charge in [-0.05, 0) is 55.0 Å². The van der Waals surface area contributed by atoms with Crippen molar-refractivity contribution in [1.29, 1.82) is 0 Å². The molecule has 0 spiro atoms. The first-order chi connectivity index (χ1) is 13.6. The summed E-state index contributed by atoms with van der Waals surface area (Å²) in [5.41, 5.74) is -1.04. The molecule has 0 aliphatic heterocycles. The quantitative estimate of drug-likeness (QED) is 0.663. The van der Waals surface area contributed by atoms with E-state index in [2.05, 4.69) is 10.3 Å². The lowest BCUT2D eigenvalue weighted by Crippen LogP contribution is -2.39. The van der Waals surface area contributed by atoms with E-state index in [-0.39, 0.29) is 24.0 Å². The fourth-order valence-electron chi connectivity index (χ4n) is 3.14. The number of carbonyl (C=O) groups excluding carboxylic acids is 1. The van der Waals surface area contributed by atoms with Crippen molar-refractivity contribution in [3.63, 3.8) is 0 Å². The number of aryl methyl sites for hydroxylation is 2. The SMILES string of the molecule is CC[C@@H](C(=O)NCc1cccs1)n1c(=O)c(C(F)(F)F)nc2cc(C)c(C)cc21. The minimum atomic E-state index is -4.92. The predicted octanol–water partition coefficient (Wildman–Crippen LogP) is 4.36. The summed E-state index contributed by atoms with van der Waals surface area (Å²) in [6.07, 6.45) is -4.77. The molecule has 1 N–H and O–H groups in total. The predicted molar refractivity (Wildman–Crippen MR) is 106 cm³/mol. The molecular weight excluding hydrogens is 403 g/mol. The van der Waals surface area contributed by atoms with Crippen LogP contribution in [0, 0.1) is 13.8 Å². The first kappa shape index (κ1) is 21.0. The summed E-state index contributed by atoms with van der Waals surface area (Å²) >= 11 is 1.45. The number of benzene rings is 1. The first-order valence-corrected chi connectivity index (χ1v) is 9.92. The van der Waals surface area contributed by atoms with E-state index in [0.29, 0.717) is 0 Å². The maximum Gasteiger partial charge on any atom is 0.438 e. The molecule has 29 heavy (non-hydrogen) atoms. The molecule has 0 saturated carbocycles. The van der Waals surface area contributed by atoms with Crippen molar-refractivity contribution >= 4 is 28.3 Å². The molecule has 0 bridgehead atoms. The Morgan fingerprint density at radius 2 is 1.97 bits per heavy atom. The Kier molecular flexibility index (Phi) is 5.79. The minimum Gasteiger partial charge on any atom is -0.349 e. The zero-order valence-corrected chi connectivity index (χ0v) is 16.9. The van der Waals surface area contributed by atoms with Crippen molar-refractivity contribution in [3.8, 4) is 0 Å². The van der Waals surface area contributed by atoms with Crippen LogP contribution in [0.5, 0.6) is 0 Å². The first-order valence-electron chi connectivity index (χ1n) is 9.04. The molecule has 2 heterocycles. The van der Waals surface area contributed by atoms with Gasteiger partial charge in [-0.1, -0.05) is 13.0 Å². The average molecular weight is 423 g/mol. The van der Waals surface area contributed by atoms with Crippen LogP contribution in [-0.4, -0.2) is 15.5 Å². The number of hydrogen-bond donors (Lipinski definition) is 1. The van der Waals surface area contributed by atoms with Crippen LogP contribution in [-0.2, 0) is 17.5 Å². The standard InChI is InChI=1S/C20H20F3N3O2S/c1-4-15(18(27)24-10-13-6-5-7-29-13)26-16-9-12(3)11(2)8-14(16)25-17(19(26)28)20(21,22)23/h5-9,15H,4,10H2,1-3H3,(H,24,27)/t15-/m0/s1. The van der Waals surface area contributed by atoms with Gasteiger partial charge in [-0.15, -0.1) is 11.3 Å². The number of halogens is 3. The van der Waals surface area contributed by atoms with Gasteiger partial charge < -0.3 is 5.32 Å². The van der Waals surface area contributed by atoms with Crippen molar-refractivity contribution in [2.45, 2.75) is 46.0 Å². The number of hydrogen-bond acceptors (Lipinski definition) is 4. The zero-order valence-electron chi connectivity index (χ0n) is 16.1. The van der Waals surface area contributed by atoms with E-state index < -0.39 is 29.4 Å². The third-order valence-electron chi connectivity index (χ3n) is 4.79. The lowest BCUT2D eigenvalue weighted by atomic mass is 10.1. The summed E-state index contributed by atoms with van der Waals surface area (Å²) in [5.74, 6) is -0.512. The van der Waals surface area contributed by atoms with Crippen molar-refractivity contribution < 1.29 is 18.0 Å². The van der Waals surface area contributed by atoms with E-state index in [4.69, 9.17) is 0 Å². The van der Waals surface area contributed by atoms with E-state index in [1.807, 2.05) is 17.5 Å². The van der Waals surface area contributed by atoms with Crippen LogP contribution in [0.3, 0.4) is 0 Å². The third-order valence-corrected chi connectivity index (χ3v) is 5.67. The summed E-state index contributed by atoms with van der Waals surface area (Å²) in [6.45, 7) is 5.45. The monoisotopic (exact) mass is 423 g/mol. The van der Waals surface area contributed by atoms with Crippen molar-refractivity contribution in [2.75, 3.05) is 0 Å². The van der Waals surface area contributed by atoms with Gasteiger partial charge in [-0.3, -0.25) is 14.2 Å². The molecule has 0 unspecified atom stereocenters. The highest BCUT2D eigenvalue weighted by Crippen LogP contribution is 2.29. The van der Waals surface area contributed by atoms with Gasteiger partial charge in [0, 0.05) is 4.88 Å². The van der Waals surface area contributed by atoms with Gasteiger partial charge >= 0.3 is 6.18 Å².